The molecule has 1 aliphatic rings. The number of hydrogen-bond donors (Lipinski definition) is 3. The van der Waals surface area contributed by atoms with E-state index in [1.807, 2.05) is 30.5 Å². The number of nitrogens with two attached hydrogens (primary N) is 1. The molecule has 1 saturated heterocycles. The summed E-state index contributed by atoms with van der Waals surface area (Å²) in [5.74, 6) is 1.72. The van der Waals surface area contributed by atoms with Gasteiger partial charge in [0.25, 0.3) is 0 Å². The molecule has 0 bridgehead atoms. The standard InChI is InChI=1S/C22H26N8/c1-14(2)15-8-22(30-27-12-15)29-21-4-3-19-20(28-21)7-16(10-26-19)17(9-23)11-25-18-5-6-24-13-18/h3-4,7-12,14,18,24H,5-6,13,23H2,1-2H3,(H,28,29,30)/t18-/m1/s1. The molecule has 1 aliphatic heterocycles. The molecule has 4 heterocycles. The summed E-state index contributed by atoms with van der Waals surface area (Å²) in [5, 5.41) is 14.8. The minimum absolute atomic E-state index is 0.296. The summed E-state index contributed by atoms with van der Waals surface area (Å²) < 4.78 is 0. The molecular weight excluding hydrogens is 376 g/mol. The van der Waals surface area contributed by atoms with Crippen molar-refractivity contribution in [1.29, 1.82) is 0 Å². The number of allylic oxidation sites excluding steroid dienone is 1. The molecule has 0 amide bonds. The second-order valence-electron chi connectivity index (χ2n) is 7.66. The van der Waals surface area contributed by atoms with E-state index in [0.29, 0.717) is 23.6 Å². The fourth-order valence-corrected chi connectivity index (χ4v) is 3.29. The van der Waals surface area contributed by atoms with Gasteiger partial charge in [-0.25, -0.2) is 4.98 Å². The molecule has 3 aromatic rings. The van der Waals surface area contributed by atoms with Crippen molar-refractivity contribution in [1.82, 2.24) is 25.5 Å². The minimum atomic E-state index is 0.296. The lowest BCUT2D eigenvalue weighted by Gasteiger charge is -2.09. The molecule has 0 radical (unpaired) electrons. The van der Waals surface area contributed by atoms with E-state index in [0.717, 1.165) is 47.2 Å². The van der Waals surface area contributed by atoms with Gasteiger partial charge in [0.2, 0.25) is 0 Å². The van der Waals surface area contributed by atoms with Gasteiger partial charge in [0.1, 0.15) is 5.82 Å². The third kappa shape index (κ3) is 4.60. The van der Waals surface area contributed by atoms with Crippen molar-refractivity contribution >= 4 is 34.5 Å². The van der Waals surface area contributed by atoms with Gasteiger partial charge >= 0.3 is 0 Å². The zero-order valence-corrected chi connectivity index (χ0v) is 17.2. The molecule has 3 aromatic heterocycles. The minimum Gasteiger partial charge on any atom is -0.404 e. The third-order valence-electron chi connectivity index (χ3n) is 5.11. The van der Waals surface area contributed by atoms with Crippen molar-refractivity contribution in [3.05, 3.63) is 54.0 Å². The van der Waals surface area contributed by atoms with Crippen LogP contribution in [0.2, 0.25) is 0 Å². The number of nitrogens with one attached hydrogen (secondary N) is 2. The van der Waals surface area contributed by atoms with Crippen molar-refractivity contribution in [2.75, 3.05) is 18.4 Å². The molecule has 8 nitrogen and oxygen atoms in total. The molecular formula is C22H26N8. The van der Waals surface area contributed by atoms with Crippen molar-refractivity contribution in [2.24, 2.45) is 10.7 Å². The predicted molar refractivity (Wildman–Crippen MR) is 121 cm³/mol. The number of aliphatic imine (C=N–C) groups is 1. The lowest BCUT2D eigenvalue weighted by molar-refractivity contribution is 0.748. The van der Waals surface area contributed by atoms with Gasteiger partial charge in [0.05, 0.1) is 23.3 Å². The molecule has 0 aromatic carbocycles. The highest BCUT2D eigenvalue weighted by Crippen LogP contribution is 2.22. The summed E-state index contributed by atoms with van der Waals surface area (Å²) in [6, 6.07) is 8.07. The van der Waals surface area contributed by atoms with Gasteiger partial charge in [0, 0.05) is 36.3 Å². The summed E-state index contributed by atoms with van der Waals surface area (Å²) >= 11 is 0. The topological polar surface area (TPSA) is 114 Å². The average Bonchev–Trinajstić information content (AvgIpc) is 3.28. The van der Waals surface area contributed by atoms with Gasteiger partial charge in [-0.2, -0.15) is 5.10 Å². The summed E-state index contributed by atoms with van der Waals surface area (Å²) in [5.41, 5.74) is 10.3. The maximum Gasteiger partial charge on any atom is 0.154 e. The van der Waals surface area contributed by atoms with Crippen LogP contribution in [0.3, 0.4) is 0 Å². The van der Waals surface area contributed by atoms with Crippen molar-refractivity contribution in [3.63, 3.8) is 0 Å². The maximum absolute atomic E-state index is 5.86. The summed E-state index contributed by atoms with van der Waals surface area (Å²) in [6.07, 6.45) is 8.01. The first-order chi connectivity index (χ1) is 14.6. The molecule has 154 valence electrons. The second-order valence-corrected chi connectivity index (χ2v) is 7.66. The molecule has 1 atom stereocenters. The van der Waals surface area contributed by atoms with Gasteiger partial charge in [-0.15, -0.1) is 5.10 Å². The number of hydrogen-bond acceptors (Lipinski definition) is 8. The Bertz CT molecular complexity index is 1080. The van der Waals surface area contributed by atoms with E-state index in [9.17, 15) is 0 Å². The maximum atomic E-state index is 5.86. The van der Waals surface area contributed by atoms with Crippen LogP contribution < -0.4 is 16.4 Å². The Morgan fingerprint density at radius 1 is 1.23 bits per heavy atom. The van der Waals surface area contributed by atoms with Gasteiger partial charge in [-0.05, 0) is 48.7 Å². The van der Waals surface area contributed by atoms with Gasteiger partial charge in [-0.3, -0.25) is 9.98 Å². The normalized spacial score (nSPS) is 17.3. The Labute approximate surface area is 175 Å². The van der Waals surface area contributed by atoms with Crippen LogP contribution in [0, 0.1) is 0 Å². The highest BCUT2D eigenvalue weighted by Gasteiger charge is 2.12. The van der Waals surface area contributed by atoms with E-state index < -0.39 is 0 Å². The van der Waals surface area contributed by atoms with Crippen LogP contribution in [0.1, 0.15) is 37.3 Å². The quantitative estimate of drug-likeness (QED) is 0.543. The number of rotatable bonds is 6. The highest BCUT2D eigenvalue weighted by molar-refractivity contribution is 6.10. The number of nitrogens with zero attached hydrogens (tertiary/aromatic N) is 5. The molecule has 0 aliphatic carbocycles. The Kier molecular flexibility index (Phi) is 5.94. The molecule has 8 heteroatoms. The van der Waals surface area contributed by atoms with E-state index in [1.54, 1.807) is 18.6 Å². The molecule has 1 fully saturated rings. The lowest BCUT2D eigenvalue weighted by atomic mass is 10.1. The van der Waals surface area contributed by atoms with Crippen molar-refractivity contribution < 1.29 is 0 Å². The zero-order chi connectivity index (χ0) is 20.9. The Morgan fingerprint density at radius 2 is 2.13 bits per heavy atom. The number of anilines is 2. The number of pyridine rings is 2. The fourth-order valence-electron chi connectivity index (χ4n) is 3.29. The molecule has 0 unspecified atom stereocenters. The Hall–Kier alpha value is -3.39. The first-order valence-electron chi connectivity index (χ1n) is 10.1. The van der Waals surface area contributed by atoms with Crippen LogP contribution in [0.25, 0.3) is 16.6 Å². The van der Waals surface area contributed by atoms with Crippen LogP contribution in [-0.4, -0.2) is 45.5 Å². The van der Waals surface area contributed by atoms with E-state index >= 15 is 0 Å². The first kappa shape index (κ1) is 19.9. The third-order valence-corrected chi connectivity index (χ3v) is 5.11. The zero-order valence-electron chi connectivity index (χ0n) is 17.2. The van der Waals surface area contributed by atoms with Crippen LogP contribution >= 0.6 is 0 Å². The fraction of sp³-hybridized carbons (Fsp3) is 0.318. The van der Waals surface area contributed by atoms with E-state index in [4.69, 9.17) is 10.7 Å². The largest absolute Gasteiger partial charge is 0.404 e. The Morgan fingerprint density at radius 3 is 2.90 bits per heavy atom. The predicted octanol–water partition coefficient (Wildman–Crippen LogP) is 3.02. The van der Waals surface area contributed by atoms with Gasteiger partial charge < -0.3 is 16.4 Å². The van der Waals surface area contributed by atoms with Gasteiger partial charge in [-0.1, -0.05) is 13.8 Å². The summed E-state index contributed by atoms with van der Waals surface area (Å²) in [7, 11) is 0. The molecule has 4 N–H and O–H groups in total. The van der Waals surface area contributed by atoms with Crippen molar-refractivity contribution in [3.8, 4) is 0 Å². The van der Waals surface area contributed by atoms with Crippen LogP contribution in [-0.2, 0) is 0 Å². The average molecular weight is 403 g/mol. The SMILES string of the molecule is CC(C)c1cnnc(Nc2ccc3ncc(C(C=N[C@@H]4CCNC4)=CN)cc3n2)c1. The molecule has 0 saturated carbocycles. The Balaban J connectivity index is 1.58. The van der Waals surface area contributed by atoms with Gasteiger partial charge in [0.15, 0.2) is 5.82 Å². The molecule has 30 heavy (non-hydrogen) atoms. The van der Waals surface area contributed by atoms with Crippen LogP contribution in [0.4, 0.5) is 11.6 Å². The second kappa shape index (κ2) is 8.96. The molecule has 4 rings (SSSR count). The summed E-state index contributed by atoms with van der Waals surface area (Å²) in [6.45, 7) is 6.15. The monoisotopic (exact) mass is 402 g/mol. The smallest absolute Gasteiger partial charge is 0.154 e. The number of fused-ring (bicyclic) bond motifs is 1. The van der Waals surface area contributed by atoms with E-state index in [1.165, 1.54) is 0 Å². The lowest BCUT2D eigenvalue weighted by Crippen LogP contribution is -2.11. The summed E-state index contributed by atoms with van der Waals surface area (Å²) in [4.78, 5) is 13.9. The first-order valence-corrected chi connectivity index (χ1v) is 10.1. The van der Waals surface area contributed by atoms with Crippen molar-refractivity contribution in [2.45, 2.75) is 32.2 Å². The van der Waals surface area contributed by atoms with Crippen LogP contribution in [0.5, 0.6) is 0 Å². The highest BCUT2D eigenvalue weighted by atomic mass is 15.2. The number of aromatic nitrogens is 4. The molecule has 0 spiro atoms. The van der Waals surface area contributed by atoms with E-state index in [-0.39, 0.29) is 0 Å². The van der Waals surface area contributed by atoms with E-state index in [2.05, 4.69) is 44.7 Å². The van der Waals surface area contributed by atoms with Crippen LogP contribution in [0.15, 0.2) is 47.9 Å².